The van der Waals surface area contributed by atoms with Crippen LogP contribution in [0.3, 0.4) is 0 Å². The van der Waals surface area contributed by atoms with Gasteiger partial charge in [0.1, 0.15) is 11.5 Å². The number of benzene rings is 3. The van der Waals surface area contributed by atoms with Gasteiger partial charge in [-0.15, -0.1) is 0 Å². The van der Waals surface area contributed by atoms with E-state index < -0.39 is 23.7 Å². The number of esters is 1. The molecule has 5 rings (SSSR count). The minimum Gasteiger partial charge on any atom is -0.495 e. The van der Waals surface area contributed by atoms with Gasteiger partial charge in [0.25, 0.3) is 11.8 Å². The Hall–Kier alpha value is -4.46. The van der Waals surface area contributed by atoms with E-state index in [2.05, 4.69) is 0 Å². The highest BCUT2D eigenvalue weighted by molar-refractivity contribution is 6.34. The van der Waals surface area contributed by atoms with Crippen LogP contribution < -0.4 is 19.3 Å². The molecule has 0 spiro atoms. The lowest BCUT2D eigenvalue weighted by Gasteiger charge is -2.19. The molecule has 3 amide bonds. The predicted octanol–water partition coefficient (Wildman–Crippen LogP) is 3.45. The fourth-order valence-corrected chi connectivity index (χ4v) is 4.26. The smallest absolute Gasteiger partial charge is 0.316 e. The van der Waals surface area contributed by atoms with Crippen LogP contribution in [-0.4, -0.2) is 37.3 Å². The van der Waals surface area contributed by atoms with Gasteiger partial charge < -0.3 is 14.4 Å². The number of methoxy groups -OCH3 is 1. The van der Waals surface area contributed by atoms with Crippen LogP contribution in [0.15, 0.2) is 72.8 Å². The quantitative estimate of drug-likeness (QED) is 0.332. The number of nitrogens with zero attached hydrogens (tertiary/aromatic N) is 2. The molecule has 170 valence electrons. The maximum Gasteiger partial charge on any atom is 0.316 e. The zero-order chi connectivity index (χ0) is 23.8. The second-order valence-electron chi connectivity index (χ2n) is 7.99. The third-order valence-electron chi connectivity index (χ3n) is 5.92. The van der Waals surface area contributed by atoms with E-state index in [0.29, 0.717) is 28.3 Å². The Morgan fingerprint density at radius 2 is 1.56 bits per heavy atom. The van der Waals surface area contributed by atoms with Crippen molar-refractivity contribution in [1.82, 2.24) is 0 Å². The average molecular weight is 456 g/mol. The first-order valence-corrected chi connectivity index (χ1v) is 10.7. The van der Waals surface area contributed by atoms with E-state index >= 15 is 0 Å². The van der Waals surface area contributed by atoms with Crippen molar-refractivity contribution in [3.63, 3.8) is 0 Å². The molecule has 0 unspecified atom stereocenters. The molecule has 3 aromatic rings. The van der Waals surface area contributed by atoms with Crippen LogP contribution in [0.2, 0.25) is 0 Å². The highest BCUT2D eigenvalue weighted by Crippen LogP contribution is 2.34. The van der Waals surface area contributed by atoms with Crippen molar-refractivity contribution in [2.45, 2.75) is 6.42 Å². The molecule has 3 aromatic carbocycles. The molecule has 0 aromatic heterocycles. The molecule has 2 heterocycles. The number of para-hydroxylation sites is 2. The molecule has 0 N–H and O–H groups in total. The van der Waals surface area contributed by atoms with Crippen LogP contribution in [0.5, 0.6) is 11.5 Å². The Labute approximate surface area is 195 Å². The average Bonchev–Trinajstić information content (AvgIpc) is 3.36. The lowest BCUT2D eigenvalue weighted by Crippen LogP contribution is -2.29. The summed E-state index contributed by atoms with van der Waals surface area (Å²) < 4.78 is 10.9. The van der Waals surface area contributed by atoms with Crippen LogP contribution in [-0.2, 0) is 9.59 Å². The van der Waals surface area contributed by atoms with Gasteiger partial charge in [0.05, 0.1) is 35.5 Å². The molecule has 0 bridgehead atoms. The first-order valence-electron chi connectivity index (χ1n) is 10.7. The van der Waals surface area contributed by atoms with Gasteiger partial charge in [-0.25, -0.2) is 4.90 Å². The van der Waals surface area contributed by atoms with Gasteiger partial charge in [-0.1, -0.05) is 30.3 Å². The van der Waals surface area contributed by atoms with Gasteiger partial charge >= 0.3 is 5.97 Å². The predicted molar refractivity (Wildman–Crippen MR) is 123 cm³/mol. The van der Waals surface area contributed by atoms with Gasteiger partial charge in [-0.2, -0.15) is 0 Å². The lowest BCUT2D eigenvalue weighted by molar-refractivity contribution is -0.139. The summed E-state index contributed by atoms with van der Waals surface area (Å²) in [6, 6.07) is 19.9. The second-order valence-corrected chi connectivity index (χ2v) is 7.99. The maximum absolute atomic E-state index is 12.9. The summed E-state index contributed by atoms with van der Waals surface area (Å²) in [6.45, 7) is 0.163. The zero-order valence-electron chi connectivity index (χ0n) is 18.3. The molecule has 8 nitrogen and oxygen atoms in total. The number of rotatable bonds is 5. The largest absolute Gasteiger partial charge is 0.495 e. The Bertz CT molecular complexity index is 1300. The topological polar surface area (TPSA) is 93.2 Å². The summed E-state index contributed by atoms with van der Waals surface area (Å²) in [6.07, 6.45) is 0.00891. The molecule has 0 aliphatic carbocycles. The first-order chi connectivity index (χ1) is 16.5. The number of hydrogen-bond acceptors (Lipinski definition) is 6. The molecular formula is C26H20N2O6. The molecule has 1 saturated heterocycles. The van der Waals surface area contributed by atoms with E-state index in [4.69, 9.17) is 9.47 Å². The second kappa shape index (κ2) is 8.47. The Kier molecular flexibility index (Phi) is 5.33. The van der Waals surface area contributed by atoms with E-state index in [1.807, 2.05) is 0 Å². The Morgan fingerprint density at radius 3 is 2.26 bits per heavy atom. The monoisotopic (exact) mass is 456 g/mol. The highest BCUT2D eigenvalue weighted by atomic mass is 16.5. The standard InChI is InChI=1S/C26H20N2O6/c1-33-22-12-5-4-11-21(22)27-15-16(13-23(27)29)26(32)34-18-8-6-7-17(14-18)28-24(30)19-9-2-3-10-20(19)25(28)31/h2-12,14,16H,13,15H2,1H3/t16-/m0/s1. The number of anilines is 2. The van der Waals surface area contributed by atoms with Crippen molar-refractivity contribution in [3.05, 3.63) is 83.9 Å². The molecule has 2 aliphatic heterocycles. The SMILES string of the molecule is COc1ccccc1N1C[C@@H](C(=O)Oc2cccc(N3C(=O)c4ccccc4C3=O)c2)CC1=O. The van der Waals surface area contributed by atoms with E-state index in [9.17, 15) is 19.2 Å². The van der Waals surface area contributed by atoms with E-state index in [1.165, 1.54) is 18.1 Å². The zero-order valence-corrected chi connectivity index (χ0v) is 18.3. The van der Waals surface area contributed by atoms with Crippen molar-refractivity contribution in [2.75, 3.05) is 23.5 Å². The van der Waals surface area contributed by atoms with E-state index in [1.54, 1.807) is 66.7 Å². The molecule has 34 heavy (non-hydrogen) atoms. The number of imide groups is 1. The maximum atomic E-state index is 12.9. The van der Waals surface area contributed by atoms with Gasteiger partial charge in [-0.3, -0.25) is 19.2 Å². The van der Waals surface area contributed by atoms with Crippen LogP contribution in [0, 0.1) is 5.92 Å². The van der Waals surface area contributed by atoms with Crippen molar-refractivity contribution in [1.29, 1.82) is 0 Å². The van der Waals surface area contributed by atoms with E-state index in [-0.39, 0.29) is 24.6 Å². The number of ether oxygens (including phenoxy) is 2. The van der Waals surface area contributed by atoms with E-state index in [0.717, 1.165) is 4.90 Å². The lowest BCUT2D eigenvalue weighted by atomic mass is 10.1. The third kappa shape index (κ3) is 3.59. The number of fused-ring (bicyclic) bond motifs is 1. The van der Waals surface area contributed by atoms with Crippen LogP contribution in [0.4, 0.5) is 11.4 Å². The Morgan fingerprint density at radius 1 is 0.882 bits per heavy atom. The summed E-state index contributed by atoms with van der Waals surface area (Å²) in [5, 5.41) is 0. The summed E-state index contributed by atoms with van der Waals surface area (Å²) in [4.78, 5) is 53.5. The van der Waals surface area contributed by atoms with Gasteiger partial charge in [0.2, 0.25) is 5.91 Å². The van der Waals surface area contributed by atoms with Gasteiger partial charge in [0.15, 0.2) is 0 Å². The number of hydrogen-bond donors (Lipinski definition) is 0. The normalized spacial score (nSPS) is 17.2. The summed E-state index contributed by atoms with van der Waals surface area (Å²) in [7, 11) is 1.52. The molecule has 1 fully saturated rings. The van der Waals surface area contributed by atoms with Crippen molar-refractivity contribution in [3.8, 4) is 11.5 Å². The number of amides is 3. The van der Waals surface area contributed by atoms with Crippen LogP contribution >= 0.6 is 0 Å². The third-order valence-corrected chi connectivity index (χ3v) is 5.92. The fourth-order valence-electron chi connectivity index (χ4n) is 4.26. The number of carbonyl (C=O) groups excluding carboxylic acids is 4. The number of carbonyl (C=O) groups is 4. The van der Waals surface area contributed by atoms with Crippen molar-refractivity contribution in [2.24, 2.45) is 5.92 Å². The van der Waals surface area contributed by atoms with Gasteiger partial charge in [0, 0.05) is 19.0 Å². The van der Waals surface area contributed by atoms with Crippen LogP contribution in [0.1, 0.15) is 27.1 Å². The fraction of sp³-hybridized carbons (Fsp3) is 0.154. The molecular weight excluding hydrogens is 436 g/mol. The minimum absolute atomic E-state index is 0.00891. The first kappa shape index (κ1) is 21.4. The van der Waals surface area contributed by atoms with Crippen molar-refractivity contribution < 1.29 is 28.7 Å². The molecule has 8 heteroatoms. The molecule has 1 atom stereocenters. The Balaban J connectivity index is 1.32. The minimum atomic E-state index is -0.666. The molecule has 0 radical (unpaired) electrons. The van der Waals surface area contributed by atoms with Crippen molar-refractivity contribution >= 4 is 35.1 Å². The highest BCUT2D eigenvalue weighted by Gasteiger charge is 2.38. The molecule has 0 saturated carbocycles. The molecule has 2 aliphatic rings. The summed E-state index contributed by atoms with van der Waals surface area (Å²) in [5.41, 5.74) is 1.55. The summed E-state index contributed by atoms with van der Waals surface area (Å²) >= 11 is 0. The van der Waals surface area contributed by atoms with Crippen LogP contribution in [0.25, 0.3) is 0 Å². The summed E-state index contributed by atoms with van der Waals surface area (Å²) in [5.74, 6) is -1.58. The van der Waals surface area contributed by atoms with Gasteiger partial charge in [-0.05, 0) is 36.4 Å².